The van der Waals surface area contributed by atoms with Crippen LogP contribution < -0.4 is 10.1 Å². The summed E-state index contributed by atoms with van der Waals surface area (Å²) in [5.41, 5.74) is 1.33. The van der Waals surface area contributed by atoms with Crippen LogP contribution in [0.5, 0.6) is 5.75 Å². The Morgan fingerprint density at radius 2 is 1.92 bits per heavy atom. The molecule has 26 heavy (non-hydrogen) atoms. The quantitative estimate of drug-likeness (QED) is 0.824. The van der Waals surface area contributed by atoms with Gasteiger partial charge in [-0.2, -0.15) is 0 Å². The summed E-state index contributed by atoms with van der Waals surface area (Å²) >= 11 is 0. The third-order valence-corrected chi connectivity index (χ3v) is 6.61. The number of benzene rings is 1. The van der Waals surface area contributed by atoms with E-state index in [2.05, 4.69) is 34.2 Å². The first-order valence-electron chi connectivity index (χ1n) is 10.2. The molecule has 1 N–H and O–H groups in total. The molecule has 5 heteroatoms. The Balaban J connectivity index is 1.58. The van der Waals surface area contributed by atoms with E-state index in [9.17, 15) is 4.79 Å². The maximum Gasteiger partial charge on any atom is 0.317 e. The van der Waals surface area contributed by atoms with Gasteiger partial charge in [-0.25, -0.2) is 4.79 Å². The van der Waals surface area contributed by atoms with Gasteiger partial charge in [-0.05, 0) is 56.0 Å². The summed E-state index contributed by atoms with van der Waals surface area (Å²) in [6.45, 7) is 6.14. The minimum absolute atomic E-state index is 0.137. The minimum Gasteiger partial charge on any atom is -0.497 e. The number of fused-ring (bicyclic) bond motifs is 2. The van der Waals surface area contributed by atoms with Crippen molar-refractivity contribution in [3.05, 3.63) is 29.8 Å². The second kappa shape index (κ2) is 7.47. The molecule has 4 fully saturated rings. The Morgan fingerprint density at radius 3 is 2.58 bits per heavy atom. The molecule has 1 aromatic carbocycles. The second-order valence-corrected chi connectivity index (χ2v) is 7.97. The molecule has 0 radical (unpaired) electrons. The van der Waals surface area contributed by atoms with Gasteiger partial charge in [0.05, 0.1) is 13.2 Å². The van der Waals surface area contributed by atoms with E-state index in [1.807, 2.05) is 12.1 Å². The molecule has 4 saturated heterocycles. The zero-order chi connectivity index (χ0) is 18.1. The molecule has 4 aliphatic heterocycles. The summed E-state index contributed by atoms with van der Waals surface area (Å²) in [6, 6.07) is 9.43. The van der Waals surface area contributed by atoms with Gasteiger partial charge in [-0.15, -0.1) is 0 Å². The first-order chi connectivity index (χ1) is 12.7. The summed E-state index contributed by atoms with van der Waals surface area (Å²) in [4.78, 5) is 17.7. The van der Waals surface area contributed by atoms with Crippen LogP contribution in [0.25, 0.3) is 0 Å². The molecule has 5 nitrogen and oxygen atoms in total. The van der Waals surface area contributed by atoms with Crippen LogP contribution in [0.15, 0.2) is 24.3 Å². The van der Waals surface area contributed by atoms with Crippen LogP contribution in [0.4, 0.5) is 4.79 Å². The van der Waals surface area contributed by atoms with Crippen molar-refractivity contribution in [1.29, 1.82) is 0 Å². The Bertz CT molecular complexity index is 625. The second-order valence-electron chi connectivity index (χ2n) is 7.97. The van der Waals surface area contributed by atoms with Crippen molar-refractivity contribution < 1.29 is 9.53 Å². The highest BCUT2D eigenvalue weighted by molar-refractivity contribution is 5.75. The number of piperidine rings is 3. The van der Waals surface area contributed by atoms with E-state index in [1.54, 1.807) is 7.11 Å². The number of hydrogen-bond acceptors (Lipinski definition) is 3. The maximum atomic E-state index is 12.9. The topological polar surface area (TPSA) is 44.8 Å². The zero-order valence-electron chi connectivity index (χ0n) is 16.0. The van der Waals surface area contributed by atoms with E-state index < -0.39 is 0 Å². The fourth-order valence-electron chi connectivity index (χ4n) is 5.27. The Kier molecular flexibility index (Phi) is 5.07. The third-order valence-electron chi connectivity index (χ3n) is 6.61. The van der Waals surface area contributed by atoms with E-state index in [0.717, 1.165) is 31.7 Å². The molecular formula is C21H31N3O2. The number of nitrogens with zero attached hydrogens (tertiary/aromatic N) is 2. The number of nitrogens with one attached hydrogen (secondary N) is 1. The minimum atomic E-state index is 0.137. The molecule has 4 aliphatic rings. The van der Waals surface area contributed by atoms with E-state index in [4.69, 9.17) is 4.74 Å². The van der Waals surface area contributed by atoms with Gasteiger partial charge in [-0.1, -0.05) is 25.5 Å². The van der Waals surface area contributed by atoms with Gasteiger partial charge < -0.3 is 15.0 Å². The predicted octanol–water partition coefficient (Wildman–Crippen LogP) is 3.07. The molecule has 3 atom stereocenters. The van der Waals surface area contributed by atoms with Crippen molar-refractivity contribution in [3.63, 3.8) is 0 Å². The first kappa shape index (κ1) is 17.7. The molecule has 0 unspecified atom stereocenters. The maximum absolute atomic E-state index is 12.9. The number of ether oxygens (including phenoxy) is 1. The molecule has 2 amide bonds. The smallest absolute Gasteiger partial charge is 0.317 e. The molecule has 0 spiro atoms. The van der Waals surface area contributed by atoms with Crippen LogP contribution in [-0.4, -0.2) is 61.2 Å². The van der Waals surface area contributed by atoms with Gasteiger partial charge in [0.25, 0.3) is 0 Å². The molecule has 5 rings (SSSR count). The molecule has 0 saturated carbocycles. The van der Waals surface area contributed by atoms with Crippen LogP contribution in [-0.2, 0) is 0 Å². The lowest BCUT2D eigenvalue weighted by molar-refractivity contribution is 0.00355. The van der Waals surface area contributed by atoms with Crippen molar-refractivity contribution in [1.82, 2.24) is 15.1 Å². The normalized spacial score (nSPS) is 32.4. The van der Waals surface area contributed by atoms with Crippen molar-refractivity contribution in [2.24, 2.45) is 5.92 Å². The summed E-state index contributed by atoms with van der Waals surface area (Å²) in [5, 5.41) is 3.16. The van der Waals surface area contributed by atoms with Crippen molar-refractivity contribution in [3.8, 4) is 5.75 Å². The lowest BCUT2D eigenvalue weighted by Gasteiger charge is -2.51. The highest BCUT2D eigenvalue weighted by Crippen LogP contribution is 2.46. The molecule has 142 valence electrons. The number of rotatable bonds is 5. The Morgan fingerprint density at radius 1 is 1.19 bits per heavy atom. The summed E-state index contributed by atoms with van der Waals surface area (Å²) in [7, 11) is 1.70. The lowest BCUT2D eigenvalue weighted by Crippen LogP contribution is -2.61. The van der Waals surface area contributed by atoms with Crippen LogP contribution in [0.2, 0.25) is 0 Å². The Hall–Kier alpha value is -1.75. The highest BCUT2D eigenvalue weighted by Gasteiger charge is 2.54. The van der Waals surface area contributed by atoms with Crippen LogP contribution in [0, 0.1) is 5.92 Å². The standard InChI is InChI=1S/C21H31N3O2/c1-3-4-11-22-21(25)24-14-18(15-5-7-17(26-2)8-6-15)20-19(24)16-9-12-23(20)13-10-16/h5-8,16,18-20H,3-4,9-14H2,1-2H3,(H,22,25)/t18-,19+,20+/m1/s1. The third kappa shape index (κ3) is 3.07. The fourth-order valence-corrected chi connectivity index (χ4v) is 5.27. The molecule has 0 aromatic heterocycles. The number of unbranched alkanes of at least 4 members (excludes halogenated alkanes) is 1. The van der Waals surface area contributed by atoms with E-state index >= 15 is 0 Å². The Labute approximate surface area is 156 Å². The lowest BCUT2D eigenvalue weighted by atomic mass is 9.75. The molecular weight excluding hydrogens is 326 g/mol. The summed E-state index contributed by atoms with van der Waals surface area (Å²) in [6.07, 6.45) is 4.62. The SMILES string of the molecule is CCCCNC(=O)N1C[C@H](c2ccc(OC)cc2)[C@H]2[C@@H]1C1CCN2CC1. The number of methoxy groups -OCH3 is 1. The monoisotopic (exact) mass is 357 g/mol. The number of urea groups is 1. The van der Waals surface area contributed by atoms with Crippen molar-refractivity contribution in [2.45, 2.75) is 50.6 Å². The van der Waals surface area contributed by atoms with Gasteiger partial charge in [-0.3, -0.25) is 4.90 Å². The van der Waals surface area contributed by atoms with Crippen LogP contribution >= 0.6 is 0 Å². The number of amides is 2. The van der Waals surface area contributed by atoms with Crippen LogP contribution in [0.3, 0.4) is 0 Å². The number of likely N-dealkylation sites (tertiary alicyclic amines) is 1. The molecule has 4 heterocycles. The van der Waals surface area contributed by atoms with Crippen LogP contribution in [0.1, 0.15) is 44.1 Å². The van der Waals surface area contributed by atoms with Gasteiger partial charge in [0.1, 0.15) is 5.75 Å². The number of carbonyl (C=O) groups excluding carboxylic acids is 1. The summed E-state index contributed by atoms with van der Waals surface area (Å²) < 4.78 is 5.32. The molecule has 1 aromatic rings. The van der Waals surface area contributed by atoms with Crippen molar-refractivity contribution in [2.75, 3.05) is 33.3 Å². The van der Waals surface area contributed by atoms with Crippen molar-refractivity contribution >= 4 is 6.03 Å². The number of carbonyl (C=O) groups is 1. The fraction of sp³-hybridized carbons (Fsp3) is 0.667. The zero-order valence-corrected chi connectivity index (χ0v) is 16.0. The van der Waals surface area contributed by atoms with E-state index in [-0.39, 0.29) is 6.03 Å². The first-order valence-corrected chi connectivity index (χ1v) is 10.2. The van der Waals surface area contributed by atoms with E-state index in [0.29, 0.717) is 23.9 Å². The largest absolute Gasteiger partial charge is 0.497 e. The van der Waals surface area contributed by atoms with Gasteiger partial charge in [0.2, 0.25) is 0 Å². The summed E-state index contributed by atoms with van der Waals surface area (Å²) in [5.74, 6) is 1.94. The van der Waals surface area contributed by atoms with Gasteiger partial charge >= 0.3 is 6.03 Å². The average Bonchev–Trinajstić information content (AvgIpc) is 3.12. The van der Waals surface area contributed by atoms with E-state index in [1.165, 1.54) is 31.5 Å². The predicted molar refractivity (Wildman–Crippen MR) is 103 cm³/mol. The molecule has 2 bridgehead atoms. The van der Waals surface area contributed by atoms with Gasteiger partial charge in [0.15, 0.2) is 0 Å². The molecule has 0 aliphatic carbocycles. The highest BCUT2D eigenvalue weighted by atomic mass is 16.5. The number of hydrogen-bond donors (Lipinski definition) is 1. The average molecular weight is 357 g/mol. The van der Waals surface area contributed by atoms with Gasteiger partial charge in [0, 0.05) is 25.0 Å².